The second kappa shape index (κ2) is 2.88. The Morgan fingerprint density at radius 1 is 1.42 bits per heavy atom. The Bertz CT molecular complexity index is 403. The summed E-state index contributed by atoms with van der Waals surface area (Å²) in [7, 11) is 0. The van der Waals surface area contributed by atoms with Gasteiger partial charge in [0.2, 0.25) is 0 Å². The Morgan fingerprint density at radius 3 is 3.00 bits per heavy atom. The minimum absolute atomic E-state index is 0.142. The number of aliphatic hydroxyl groups excluding tert-OH is 1. The molecule has 0 amide bonds. The van der Waals surface area contributed by atoms with Crippen LogP contribution in [0.5, 0.6) is 0 Å². The van der Waals surface area contributed by atoms with Gasteiger partial charge in [0.05, 0.1) is 6.61 Å². The summed E-state index contributed by atoms with van der Waals surface area (Å²) in [6.07, 6.45) is 0. The van der Waals surface area contributed by atoms with Crippen LogP contribution in [0.15, 0.2) is 23.6 Å². The van der Waals surface area contributed by atoms with Crippen LogP contribution in [0.4, 0.5) is 0 Å². The summed E-state index contributed by atoms with van der Waals surface area (Å²) < 4.78 is 1.25. The number of hydrogen-bond acceptors (Lipinski definition) is 2. The smallest absolute Gasteiger partial charge is 0.0696 e. The predicted molar refractivity (Wildman–Crippen MR) is 52.5 cm³/mol. The van der Waals surface area contributed by atoms with E-state index in [-0.39, 0.29) is 6.61 Å². The van der Waals surface area contributed by atoms with Crippen molar-refractivity contribution < 1.29 is 5.11 Å². The summed E-state index contributed by atoms with van der Waals surface area (Å²) in [4.78, 5) is 0. The highest BCUT2D eigenvalue weighted by Crippen LogP contribution is 2.26. The minimum Gasteiger partial charge on any atom is -0.392 e. The summed E-state index contributed by atoms with van der Waals surface area (Å²) in [6, 6.07) is 6.33. The van der Waals surface area contributed by atoms with Crippen molar-refractivity contribution in [2.45, 2.75) is 13.5 Å². The monoisotopic (exact) mass is 178 g/mol. The van der Waals surface area contributed by atoms with Crippen molar-refractivity contribution in [3.8, 4) is 0 Å². The van der Waals surface area contributed by atoms with Gasteiger partial charge < -0.3 is 5.11 Å². The molecule has 12 heavy (non-hydrogen) atoms. The van der Waals surface area contributed by atoms with Gasteiger partial charge in [0.1, 0.15) is 0 Å². The molecule has 1 aromatic carbocycles. The van der Waals surface area contributed by atoms with Crippen LogP contribution in [0.3, 0.4) is 0 Å². The molecular formula is C10H10OS. The lowest BCUT2D eigenvalue weighted by Crippen LogP contribution is -1.79. The van der Waals surface area contributed by atoms with E-state index >= 15 is 0 Å². The number of thiophene rings is 1. The van der Waals surface area contributed by atoms with Crippen molar-refractivity contribution in [2.24, 2.45) is 0 Å². The summed E-state index contributed by atoms with van der Waals surface area (Å²) in [6.45, 7) is 2.21. The number of aryl methyl sites for hydroxylation is 1. The van der Waals surface area contributed by atoms with E-state index in [0.717, 1.165) is 5.56 Å². The van der Waals surface area contributed by atoms with E-state index in [1.165, 1.54) is 15.6 Å². The van der Waals surface area contributed by atoms with Crippen LogP contribution >= 0.6 is 11.3 Å². The SMILES string of the molecule is Cc1ccc2scc(CO)c2c1. The quantitative estimate of drug-likeness (QED) is 0.711. The Labute approximate surface area is 75.3 Å². The fourth-order valence-corrected chi connectivity index (χ4v) is 2.25. The summed E-state index contributed by atoms with van der Waals surface area (Å²) >= 11 is 1.69. The first kappa shape index (κ1) is 7.77. The van der Waals surface area contributed by atoms with Gasteiger partial charge >= 0.3 is 0 Å². The molecule has 1 N–H and O–H groups in total. The van der Waals surface area contributed by atoms with Crippen molar-refractivity contribution in [3.05, 3.63) is 34.7 Å². The molecule has 0 saturated heterocycles. The largest absolute Gasteiger partial charge is 0.392 e. The van der Waals surface area contributed by atoms with E-state index in [2.05, 4.69) is 25.1 Å². The molecular weight excluding hydrogens is 168 g/mol. The maximum Gasteiger partial charge on any atom is 0.0696 e. The van der Waals surface area contributed by atoms with Gasteiger partial charge in [-0.05, 0) is 29.3 Å². The Hall–Kier alpha value is -0.860. The third-order valence-electron chi connectivity index (χ3n) is 1.98. The van der Waals surface area contributed by atoms with E-state index in [1.54, 1.807) is 11.3 Å². The van der Waals surface area contributed by atoms with Crippen LogP contribution in [0, 0.1) is 6.92 Å². The zero-order valence-corrected chi connectivity index (χ0v) is 7.69. The molecule has 0 atom stereocenters. The number of fused-ring (bicyclic) bond motifs is 1. The first-order valence-corrected chi connectivity index (χ1v) is 4.77. The molecule has 0 unspecified atom stereocenters. The maximum atomic E-state index is 9.02. The molecule has 0 fully saturated rings. The van der Waals surface area contributed by atoms with Gasteiger partial charge in [-0.15, -0.1) is 11.3 Å². The second-order valence-electron chi connectivity index (χ2n) is 2.92. The molecule has 0 radical (unpaired) electrons. The predicted octanol–water partition coefficient (Wildman–Crippen LogP) is 2.70. The summed E-state index contributed by atoms with van der Waals surface area (Å²) in [5.41, 5.74) is 2.29. The van der Waals surface area contributed by atoms with Gasteiger partial charge in [0, 0.05) is 4.70 Å². The topological polar surface area (TPSA) is 20.2 Å². The first-order valence-electron chi connectivity index (χ1n) is 3.89. The fourth-order valence-electron chi connectivity index (χ4n) is 1.32. The number of aliphatic hydroxyl groups is 1. The van der Waals surface area contributed by atoms with Gasteiger partial charge in [-0.2, -0.15) is 0 Å². The average Bonchev–Trinajstić information content (AvgIpc) is 2.46. The molecule has 0 aliphatic carbocycles. The molecule has 1 aromatic heterocycles. The van der Waals surface area contributed by atoms with Crippen LogP contribution in [0.1, 0.15) is 11.1 Å². The molecule has 0 spiro atoms. The van der Waals surface area contributed by atoms with Gasteiger partial charge in [-0.1, -0.05) is 17.7 Å². The number of rotatable bonds is 1. The van der Waals surface area contributed by atoms with Crippen LogP contribution in [0.2, 0.25) is 0 Å². The molecule has 1 nitrogen and oxygen atoms in total. The lowest BCUT2D eigenvalue weighted by Gasteiger charge is -1.95. The number of hydrogen-bond donors (Lipinski definition) is 1. The van der Waals surface area contributed by atoms with Crippen molar-refractivity contribution in [1.29, 1.82) is 0 Å². The highest BCUT2D eigenvalue weighted by atomic mass is 32.1. The highest BCUT2D eigenvalue weighted by molar-refractivity contribution is 7.17. The third kappa shape index (κ3) is 1.13. The second-order valence-corrected chi connectivity index (χ2v) is 3.83. The van der Waals surface area contributed by atoms with Crippen LogP contribution < -0.4 is 0 Å². The van der Waals surface area contributed by atoms with Crippen LogP contribution in [0.25, 0.3) is 10.1 Å². The number of benzene rings is 1. The van der Waals surface area contributed by atoms with E-state index in [0.29, 0.717) is 0 Å². The third-order valence-corrected chi connectivity index (χ3v) is 2.99. The molecule has 0 aliphatic rings. The van der Waals surface area contributed by atoms with Crippen molar-refractivity contribution in [3.63, 3.8) is 0 Å². The van der Waals surface area contributed by atoms with Crippen LogP contribution in [-0.2, 0) is 6.61 Å². The molecule has 2 aromatic rings. The van der Waals surface area contributed by atoms with Gasteiger partial charge in [0.15, 0.2) is 0 Å². The minimum atomic E-state index is 0.142. The van der Waals surface area contributed by atoms with Gasteiger partial charge in [-0.25, -0.2) is 0 Å². The lowest BCUT2D eigenvalue weighted by molar-refractivity contribution is 0.284. The highest BCUT2D eigenvalue weighted by Gasteiger charge is 2.01. The Kier molecular flexibility index (Phi) is 1.87. The summed E-state index contributed by atoms with van der Waals surface area (Å²) in [5.74, 6) is 0. The molecule has 62 valence electrons. The molecule has 1 heterocycles. The Morgan fingerprint density at radius 2 is 2.25 bits per heavy atom. The van der Waals surface area contributed by atoms with Gasteiger partial charge in [-0.3, -0.25) is 0 Å². The summed E-state index contributed by atoms with van der Waals surface area (Å²) in [5, 5.41) is 12.2. The van der Waals surface area contributed by atoms with E-state index in [1.807, 2.05) is 5.38 Å². The van der Waals surface area contributed by atoms with Crippen molar-refractivity contribution >= 4 is 21.4 Å². The molecule has 0 saturated carbocycles. The van der Waals surface area contributed by atoms with Gasteiger partial charge in [0.25, 0.3) is 0 Å². The van der Waals surface area contributed by atoms with Crippen molar-refractivity contribution in [1.82, 2.24) is 0 Å². The van der Waals surface area contributed by atoms with Crippen molar-refractivity contribution in [2.75, 3.05) is 0 Å². The molecule has 2 rings (SSSR count). The average molecular weight is 178 g/mol. The normalized spacial score (nSPS) is 10.8. The van der Waals surface area contributed by atoms with E-state index in [9.17, 15) is 0 Å². The molecule has 0 aliphatic heterocycles. The van der Waals surface area contributed by atoms with E-state index in [4.69, 9.17) is 5.11 Å². The molecule has 0 bridgehead atoms. The lowest BCUT2D eigenvalue weighted by atomic mass is 10.1. The zero-order valence-electron chi connectivity index (χ0n) is 6.87. The van der Waals surface area contributed by atoms with E-state index < -0.39 is 0 Å². The standard InChI is InChI=1S/C10H10OS/c1-7-2-3-10-9(4-7)8(5-11)6-12-10/h2-4,6,11H,5H2,1H3. The zero-order chi connectivity index (χ0) is 8.55. The molecule has 2 heteroatoms. The fraction of sp³-hybridized carbons (Fsp3) is 0.200. The van der Waals surface area contributed by atoms with Crippen LogP contribution in [-0.4, -0.2) is 5.11 Å². The Balaban J connectivity index is 2.75. The maximum absolute atomic E-state index is 9.02. The first-order chi connectivity index (χ1) is 5.81.